The first-order valence-electron chi connectivity index (χ1n) is 5.96. The van der Waals surface area contributed by atoms with E-state index in [0.717, 1.165) is 0 Å². The molecule has 1 atom stereocenters. The monoisotopic (exact) mass is 334 g/mol. The van der Waals surface area contributed by atoms with E-state index in [1.54, 1.807) is 0 Å². The zero-order valence-electron chi connectivity index (χ0n) is 10.4. The number of nitrogens with zero attached hydrogens (tertiary/aromatic N) is 2. The van der Waals surface area contributed by atoms with E-state index in [2.05, 4.69) is 4.99 Å². The van der Waals surface area contributed by atoms with Gasteiger partial charge in [-0.1, -0.05) is 23.2 Å². The molecule has 1 aliphatic rings. The third kappa shape index (κ3) is 3.40. The number of aliphatic imine (C=N–C) groups is 1. The number of sulfonamides is 1. The second kappa shape index (κ2) is 6.24. The van der Waals surface area contributed by atoms with Gasteiger partial charge in [-0.25, -0.2) is 18.2 Å². The van der Waals surface area contributed by atoms with E-state index in [4.69, 9.17) is 23.2 Å². The normalized spacial score (nSPS) is 20.4. The van der Waals surface area contributed by atoms with Gasteiger partial charge in [0.25, 0.3) is 0 Å². The average Bonchev–Trinajstić information content (AvgIpc) is 2.38. The van der Waals surface area contributed by atoms with Gasteiger partial charge in [0, 0.05) is 23.1 Å². The van der Waals surface area contributed by atoms with E-state index < -0.39 is 10.0 Å². The number of halogens is 2. The number of piperidine rings is 1. The van der Waals surface area contributed by atoms with Crippen molar-refractivity contribution < 1.29 is 13.2 Å². The van der Waals surface area contributed by atoms with Gasteiger partial charge in [-0.2, -0.15) is 4.31 Å². The molecule has 1 unspecified atom stereocenters. The Hall–Kier alpha value is -0.910. The van der Waals surface area contributed by atoms with Crippen LogP contribution in [-0.2, 0) is 14.8 Å². The summed E-state index contributed by atoms with van der Waals surface area (Å²) in [4.78, 5) is 14.0. The maximum atomic E-state index is 12.5. The fourth-order valence-electron chi connectivity index (χ4n) is 2.15. The lowest BCUT2D eigenvalue weighted by atomic mass is 10.1. The van der Waals surface area contributed by atoms with Crippen LogP contribution in [0.2, 0.25) is 10.0 Å². The molecule has 1 fully saturated rings. The molecule has 0 amide bonds. The number of carbonyl (C=O) groups excluding carboxylic acids is 1. The first kappa shape index (κ1) is 15.5. The summed E-state index contributed by atoms with van der Waals surface area (Å²) in [5.41, 5.74) is 0. The number of hydrogen-bond donors (Lipinski definition) is 0. The molecule has 0 aromatic heterocycles. The Morgan fingerprint density at radius 1 is 1.25 bits per heavy atom. The van der Waals surface area contributed by atoms with Crippen molar-refractivity contribution in [1.29, 1.82) is 0 Å². The van der Waals surface area contributed by atoms with Crippen LogP contribution >= 0.6 is 23.2 Å². The van der Waals surface area contributed by atoms with Crippen LogP contribution in [0.1, 0.15) is 12.8 Å². The minimum absolute atomic E-state index is 0.0470. The fourth-order valence-corrected chi connectivity index (χ4v) is 4.39. The Kier molecular flexibility index (Phi) is 4.83. The number of hydrogen-bond acceptors (Lipinski definition) is 4. The molecule has 1 saturated heterocycles. The summed E-state index contributed by atoms with van der Waals surface area (Å²) in [5, 5.41) is 0.520. The van der Waals surface area contributed by atoms with Gasteiger partial charge in [0.15, 0.2) is 0 Å². The number of isocyanates is 1. The predicted octanol–water partition coefficient (Wildman–Crippen LogP) is 2.48. The molecular weight excluding hydrogens is 323 g/mol. The maximum Gasteiger partial charge on any atom is 0.243 e. The highest BCUT2D eigenvalue weighted by atomic mass is 35.5. The third-order valence-corrected chi connectivity index (χ3v) is 5.35. The third-order valence-electron chi connectivity index (χ3n) is 3.07. The zero-order valence-corrected chi connectivity index (χ0v) is 12.7. The van der Waals surface area contributed by atoms with Crippen molar-refractivity contribution in [3.63, 3.8) is 0 Å². The van der Waals surface area contributed by atoms with Gasteiger partial charge in [-0.3, -0.25) is 0 Å². The Morgan fingerprint density at radius 2 is 1.90 bits per heavy atom. The van der Waals surface area contributed by atoms with E-state index in [-0.39, 0.29) is 27.5 Å². The summed E-state index contributed by atoms with van der Waals surface area (Å²) in [6.45, 7) is 0.555. The highest BCUT2D eigenvalue weighted by Gasteiger charge is 2.30. The lowest BCUT2D eigenvalue weighted by Crippen LogP contribution is -2.41. The molecule has 0 saturated carbocycles. The lowest BCUT2D eigenvalue weighted by molar-refractivity contribution is 0.316. The summed E-state index contributed by atoms with van der Waals surface area (Å²) < 4.78 is 26.3. The topological polar surface area (TPSA) is 66.8 Å². The van der Waals surface area contributed by atoms with Gasteiger partial charge in [0.1, 0.15) is 0 Å². The van der Waals surface area contributed by atoms with E-state index in [1.807, 2.05) is 0 Å². The van der Waals surface area contributed by atoms with Gasteiger partial charge in [-0.15, -0.1) is 0 Å². The largest absolute Gasteiger partial charge is 0.243 e. The standard InChI is InChI=1S/C12H12Cl2N2O3S/c13-9-4-10(14)6-12(5-9)20(18,19)16-3-1-2-11(7-16)15-8-17/h4-6,11H,1-3,7H2. The molecule has 108 valence electrons. The highest BCUT2D eigenvalue weighted by Crippen LogP contribution is 2.27. The minimum atomic E-state index is -3.68. The van der Waals surface area contributed by atoms with Crippen molar-refractivity contribution in [2.75, 3.05) is 13.1 Å². The Morgan fingerprint density at radius 3 is 2.50 bits per heavy atom. The predicted molar refractivity (Wildman–Crippen MR) is 76.4 cm³/mol. The molecule has 2 rings (SSSR count). The van der Waals surface area contributed by atoms with Crippen LogP contribution in [0, 0.1) is 0 Å². The molecule has 20 heavy (non-hydrogen) atoms. The molecule has 0 spiro atoms. The first-order valence-corrected chi connectivity index (χ1v) is 8.16. The Bertz CT molecular complexity index is 636. The molecule has 8 heteroatoms. The Labute approximate surface area is 127 Å². The fraction of sp³-hybridized carbons (Fsp3) is 0.417. The average molecular weight is 335 g/mol. The van der Waals surface area contributed by atoms with Gasteiger partial charge in [-0.05, 0) is 31.0 Å². The van der Waals surface area contributed by atoms with Crippen molar-refractivity contribution in [1.82, 2.24) is 4.31 Å². The second-order valence-corrected chi connectivity index (χ2v) is 7.30. The molecular formula is C12H12Cl2N2O3S. The smallest absolute Gasteiger partial charge is 0.211 e. The summed E-state index contributed by atoms with van der Waals surface area (Å²) in [5.74, 6) is 0. The van der Waals surface area contributed by atoms with Crippen LogP contribution < -0.4 is 0 Å². The van der Waals surface area contributed by atoms with Gasteiger partial charge in [0.05, 0.1) is 10.9 Å². The van der Waals surface area contributed by atoms with Crippen molar-refractivity contribution in [3.05, 3.63) is 28.2 Å². The van der Waals surface area contributed by atoms with Crippen LogP contribution in [0.15, 0.2) is 28.1 Å². The lowest BCUT2D eigenvalue weighted by Gasteiger charge is -2.29. The van der Waals surface area contributed by atoms with Crippen molar-refractivity contribution >= 4 is 39.3 Å². The molecule has 1 aromatic carbocycles. The van der Waals surface area contributed by atoms with E-state index in [1.165, 1.54) is 28.6 Å². The van der Waals surface area contributed by atoms with Crippen LogP contribution in [0.25, 0.3) is 0 Å². The van der Waals surface area contributed by atoms with Gasteiger partial charge < -0.3 is 0 Å². The summed E-state index contributed by atoms with van der Waals surface area (Å²) in [7, 11) is -3.68. The van der Waals surface area contributed by atoms with Gasteiger partial charge in [0.2, 0.25) is 16.1 Å². The molecule has 0 aliphatic carbocycles. The van der Waals surface area contributed by atoms with E-state index in [0.29, 0.717) is 19.4 Å². The second-order valence-electron chi connectivity index (χ2n) is 4.48. The quantitative estimate of drug-likeness (QED) is 0.630. The summed E-state index contributed by atoms with van der Waals surface area (Å²) >= 11 is 11.7. The highest BCUT2D eigenvalue weighted by molar-refractivity contribution is 7.89. The molecule has 1 aromatic rings. The molecule has 0 bridgehead atoms. The summed E-state index contributed by atoms with van der Waals surface area (Å²) in [6.07, 6.45) is 2.80. The molecule has 0 radical (unpaired) electrons. The van der Waals surface area contributed by atoms with E-state index >= 15 is 0 Å². The van der Waals surface area contributed by atoms with Crippen molar-refractivity contribution in [2.24, 2.45) is 4.99 Å². The minimum Gasteiger partial charge on any atom is -0.211 e. The number of benzene rings is 1. The SMILES string of the molecule is O=C=NC1CCCN(S(=O)(=O)c2cc(Cl)cc(Cl)c2)C1. The molecule has 5 nitrogen and oxygen atoms in total. The van der Waals surface area contributed by atoms with Gasteiger partial charge >= 0.3 is 0 Å². The molecule has 1 heterocycles. The van der Waals surface area contributed by atoms with Crippen LogP contribution in [-0.4, -0.2) is 37.9 Å². The zero-order chi connectivity index (χ0) is 14.8. The van der Waals surface area contributed by atoms with E-state index in [9.17, 15) is 13.2 Å². The molecule has 0 N–H and O–H groups in total. The van der Waals surface area contributed by atoms with Crippen LogP contribution in [0.5, 0.6) is 0 Å². The maximum absolute atomic E-state index is 12.5. The van der Waals surface area contributed by atoms with Crippen LogP contribution in [0.3, 0.4) is 0 Å². The molecule has 1 aliphatic heterocycles. The Balaban J connectivity index is 2.32. The summed E-state index contributed by atoms with van der Waals surface area (Å²) in [6, 6.07) is 3.84. The number of rotatable bonds is 3. The van der Waals surface area contributed by atoms with Crippen LogP contribution in [0.4, 0.5) is 0 Å². The van der Waals surface area contributed by atoms with Crippen molar-refractivity contribution in [3.8, 4) is 0 Å². The van der Waals surface area contributed by atoms with Crippen molar-refractivity contribution in [2.45, 2.75) is 23.8 Å². The first-order chi connectivity index (χ1) is 9.43.